The summed E-state index contributed by atoms with van der Waals surface area (Å²) in [5, 5.41) is 5.41. The van der Waals surface area contributed by atoms with E-state index in [1.807, 2.05) is 18.4 Å². The number of nitrogens with one attached hydrogen (secondary N) is 1. The molecule has 1 aromatic carbocycles. The van der Waals surface area contributed by atoms with Crippen LogP contribution in [0.3, 0.4) is 0 Å². The highest BCUT2D eigenvalue weighted by atomic mass is 32.1. The first kappa shape index (κ1) is 15.4. The monoisotopic (exact) mass is 308 g/mol. The molecule has 0 radical (unpaired) electrons. The maximum Gasteiger partial charge on any atom is 0.306 e. The fourth-order valence-corrected chi connectivity index (χ4v) is 2.54. The minimum absolute atomic E-state index is 0.232. The number of anilines is 2. The van der Waals surface area contributed by atoms with Crippen LogP contribution in [0.25, 0.3) is 0 Å². The minimum atomic E-state index is -0.307. The second-order valence-electron chi connectivity index (χ2n) is 4.56. The van der Waals surface area contributed by atoms with E-state index in [0.29, 0.717) is 30.3 Å². The van der Waals surface area contributed by atoms with Gasteiger partial charge in [0.15, 0.2) is 5.13 Å². The Morgan fingerprint density at radius 3 is 3.00 bits per heavy atom. The van der Waals surface area contributed by atoms with Crippen molar-refractivity contribution in [2.45, 2.75) is 26.7 Å². The van der Waals surface area contributed by atoms with Gasteiger partial charge in [-0.05, 0) is 31.5 Å². The van der Waals surface area contributed by atoms with Crippen LogP contribution in [-0.4, -0.2) is 17.6 Å². The topological polar surface area (TPSA) is 51.2 Å². The van der Waals surface area contributed by atoms with E-state index >= 15 is 0 Å². The second-order valence-corrected chi connectivity index (χ2v) is 5.42. The van der Waals surface area contributed by atoms with Crippen molar-refractivity contribution < 1.29 is 13.9 Å². The van der Waals surface area contributed by atoms with Gasteiger partial charge in [0.1, 0.15) is 5.82 Å². The molecule has 1 heterocycles. The van der Waals surface area contributed by atoms with Crippen molar-refractivity contribution in [2.75, 3.05) is 11.9 Å². The predicted molar refractivity (Wildman–Crippen MR) is 81.5 cm³/mol. The minimum Gasteiger partial charge on any atom is -0.466 e. The molecule has 0 amide bonds. The highest BCUT2D eigenvalue weighted by Crippen LogP contribution is 2.24. The molecule has 112 valence electrons. The number of aromatic nitrogens is 1. The second kappa shape index (κ2) is 7.17. The molecule has 2 aromatic rings. The molecule has 0 saturated carbocycles. The first-order valence-electron chi connectivity index (χ1n) is 6.71. The van der Waals surface area contributed by atoms with Crippen molar-refractivity contribution in [1.82, 2.24) is 4.98 Å². The number of rotatable bonds is 6. The first-order valence-corrected chi connectivity index (χ1v) is 7.59. The summed E-state index contributed by atoms with van der Waals surface area (Å²) >= 11 is 1.38. The Labute approximate surface area is 127 Å². The van der Waals surface area contributed by atoms with E-state index in [-0.39, 0.29) is 11.8 Å². The number of esters is 1. The van der Waals surface area contributed by atoms with Gasteiger partial charge in [-0.25, -0.2) is 9.37 Å². The molecule has 0 unspecified atom stereocenters. The number of ether oxygens (including phenoxy) is 1. The molecule has 0 spiro atoms. The van der Waals surface area contributed by atoms with E-state index < -0.39 is 0 Å². The van der Waals surface area contributed by atoms with E-state index in [1.165, 1.54) is 17.4 Å². The Morgan fingerprint density at radius 2 is 2.29 bits per heavy atom. The third-order valence-corrected chi connectivity index (χ3v) is 3.62. The van der Waals surface area contributed by atoms with Gasteiger partial charge in [0.2, 0.25) is 0 Å². The summed E-state index contributed by atoms with van der Waals surface area (Å²) in [6, 6.07) is 4.99. The van der Waals surface area contributed by atoms with Gasteiger partial charge in [0.05, 0.1) is 24.4 Å². The van der Waals surface area contributed by atoms with Gasteiger partial charge in [-0.3, -0.25) is 4.79 Å². The Hall–Kier alpha value is -1.95. The van der Waals surface area contributed by atoms with Gasteiger partial charge in [-0.1, -0.05) is 6.07 Å². The zero-order valence-electron chi connectivity index (χ0n) is 12.0. The third-order valence-electron chi connectivity index (χ3n) is 2.81. The number of nitrogens with zero attached hydrogens (tertiary/aromatic N) is 1. The van der Waals surface area contributed by atoms with Crippen LogP contribution in [0.15, 0.2) is 23.6 Å². The molecule has 6 heteroatoms. The summed E-state index contributed by atoms with van der Waals surface area (Å²) in [5.41, 5.74) is 2.06. The SMILES string of the molecule is CCOC(=O)CCc1csc(Nc2ccc(C)cc2F)n1. The van der Waals surface area contributed by atoms with Gasteiger partial charge < -0.3 is 10.1 Å². The maximum atomic E-state index is 13.7. The molecule has 0 aliphatic carbocycles. The molecule has 0 saturated heterocycles. The quantitative estimate of drug-likeness (QED) is 0.824. The molecule has 0 aliphatic heterocycles. The van der Waals surface area contributed by atoms with E-state index in [1.54, 1.807) is 13.0 Å². The molecule has 0 bridgehead atoms. The summed E-state index contributed by atoms with van der Waals surface area (Å²) in [5.74, 6) is -0.539. The number of hydrogen-bond donors (Lipinski definition) is 1. The molecule has 4 nitrogen and oxygen atoms in total. The fourth-order valence-electron chi connectivity index (χ4n) is 1.78. The van der Waals surface area contributed by atoms with E-state index in [0.717, 1.165) is 11.3 Å². The maximum absolute atomic E-state index is 13.7. The molecule has 21 heavy (non-hydrogen) atoms. The Kier molecular flexibility index (Phi) is 5.27. The molecule has 1 aromatic heterocycles. The highest BCUT2D eigenvalue weighted by molar-refractivity contribution is 7.13. The lowest BCUT2D eigenvalue weighted by Gasteiger charge is -2.04. The highest BCUT2D eigenvalue weighted by Gasteiger charge is 2.08. The zero-order chi connectivity index (χ0) is 15.2. The standard InChI is InChI=1S/C15H17FN2O2S/c1-3-20-14(19)7-5-11-9-21-15(17-11)18-13-6-4-10(2)8-12(13)16/h4,6,8-9H,3,5,7H2,1-2H3,(H,17,18). The van der Waals surface area contributed by atoms with Crippen molar-refractivity contribution >= 4 is 28.1 Å². The van der Waals surface area contributed by atoms with Gasteiger partial charge in [-0.15, -0.1) is 11.3 Å². The van der Waals surface area contributed by atoms with Crippen molar-refractivity contribution in [1.29, 1.82) is 0 Å². The van der Waals surface area contributed by atoms with Gasteiger partial charge >= 0.3 is 5.97 Å². The average Bonchev–Trinajstić information content (AvgIpc) is 2.88. The summed E-state index contributed by atoms with van der Waals surface area (Å²) in [6.45, 7) is 4.00. The zero-order valence-corrected chi connectivity index (χ0v) is 12.8. The third kappa shape index (κ3) is 4.53. The molecule has 2 rings (SSSR count). The lowest BCUT2D eigenvalue weighted by atomic mass is 10.2. The molecule has 0 fully saturated rings. The van der Waals surface area contributed by atoms with Crippen molar-refractivity contribution in [3.8, 4) is 0 Å². The van der Waals surface area contributed by atoms with Crippen LogP contribution in [0.1, 0.15) is 24.6 Å². The number of hydrogen-bond acceptors (Lipinski definition) is 5. The Morgan fingerprint density at radius 1 is 1.48 bits per heavy atom. The summed E-state index contributed by atoms with van der Waals surface area (Å²) in [7, 11) is 0. The van der Waals surface area contributed by atoms with E-state index in [9.17, 15) is 9.18 Å². The van der Waals surface area contributed by atoms with Crippen LogP contribution in [-0.2, 0) is 16.0 Å². The first-order chi connectivity index (χ1) is 10.1. The van der Waals surface area contributed by atoms with Crippen LogP contribution in [0.2, 0.25) is 0 Å². The summed E-state index contributed by atoms with van der Waals surface area (Å²) < 4.78 is 18.6. The molecule has 0 atom stereocenters. The van der Waals surface area contributed by atoms with Gasteiger partial charge in [0, 0.05) is 11.8 Å². The summed E-state index contributed by atoms with van der Waals surface area (Å²) in [6.07, 6.45) is 0.823. The van der Waals surface area contributed by atoms with Crippen molar-refractivity contribution in [3.05, 3.63) is 40.7 Å². The largest absolute Gasteiger partial charge is 0.466 e. The number of carbonyl (C=O) groups is 1. The van der Waals surface area contributed by atoms with Gasteiger partial charge in [-0.2, -0.15) is 0 Å². The summed E-state index contributed by atoms with van der Waals surface area (Å²) in [4.78, 5) is 15.6. The number of carbonyl (C=O) groups excluding carboxylic acids is 1. The smallest absolute Gasteiger partial charge is 0.306 e. The molecule has 1 N–H and O–H groups in total. The number of aryl methyl sites for hydroxylation is 2. The van der Waals surface area contributed by atoms with Gasteiger partial charge in [0.25, 0.3) is 0 Å². The van der Waals surface area contributed by atoms with E-state index in [4.69, 9.17) is 4.74 Å². The molecular formula is C15H17FN2O2S. The number of benzene rings is 1. The lowest BCUT2D eigenvalue weighted by Crippen LogP contribution is -2.05. The van der Waals surface area contributed by atoms with E-state index in [2.05, 4.69) is 10.3 Å². The Balaban J connectivity index is 1.95. The number of halogens is 1. The fraction of sp³-hybridized carbons (Fsp3) is 0.333. The Bertz CT molecular complexity index is 628. The predicted octanol–water partition coefficient (Wildman–Crippen LogP) is 3.83. The van der Waals surface area contributed by atoms with Crippen LogP contribution >= 0.6 is 11.3 Å². The van der Waals surface area contributed by atoms with Crippen molar-refractivity contribution in [3.63, 3.8) is 0 Å². The average molecular weight is 308 g/mol. The van der Waals surface area contributed by atoms with Crippen LogP contribution in [0.5, 0.6) is 0 Å². The number of thiazole rings is 1. The van der Waals surface area contributed by atoms with Crippen LogP contribution < -0.4 is 5.32 Å². The van der Waals surface area contributed by atoms with Crippen LogP contribution in [0.4, 0.5) is 15.2 Å². The molecular weight excluding hydrogens is 291 g/mol. The van der Waals surface area contributed by atoms with Crippen LogP contribution in [0, 0.1) is 12.7 Å². The van der Waals surface area contributed by atoms with Crippen molar-refractivity contribution in [2.24, 2.45) is 0 Å². The normalized spacial score (nSPS) is 10.4. The lowest BCUT2D eigenvalue weighted by molar-refractivity contribution is -0.143. The molecule has 0 aliphatic rings.